The first kappa shape index (κ1) is 25.6. The number of hydrogen-bond donors (Lipinski definition) is 0. The zero-order valence-electron chi connectivity index (χ0n) is 19.8. The summed E-state index contributed by atoms with van der Waals surface area (Å²) in [5.41, 5.74) is 3.25. The van der Waals surface area contributed by atoms with Gasteiger partial charge < -0.3 is 0 Å². The number of benzene rings is 3. The molecular weight excluding hydrogens is 536 g/mol. The van der Waals surface area contributed by atoms with Crippen LogP contribution >= 0.6 is 0 Å². The zero-order valence-corrected chi connectivity index (χ0v) is 21.9. The molecule has 4 rings (SSSR count). The van der Waals surface area contributed by atoms with Crippen LogP contribution in [0.2, 0.25) is 5.21 Å². The van der Waals surface area contributed by atoms with E-state index in [0.29, 0.717) is 33.8 Å². The molecule has 36 heavy (non-hydrogen) atoms. The molecule has 0 saturated heterocycles. The maximum atomic E-state index is 12.8. The van der Waals surface area contributed by atoms with E-state index in [1.165, 1.54) is 14.2 Å². The van der Waals surface area contributed by atoms with Crippen molar-refractivity contribution >= 4 is 37.1 Å². The number of carbonyl (C=O) groups is 1. The summed E-state index contributed by atoms with van der Waals surface area (Å²) in [5.74, 6) is 1.07. The van der Waals surface area contributed by atoms with E-state index in [1.807, 2.05) is 22.8 Å². The van der Waals surface area contributed by atoms with Crippen LogP contribution in [-0.2, 0) is 4.74 Å². The van der Waals surface area contributed by atoms with Crippen molar-refractivity contribution in [3.63, 3.8) is 0 Å². The van der Waals surface area contributed by atoms with Crippen molar-refractivity contribution in [2.75, 3.05) is 14.2 Å². The fourth-order valence-corrected chi connectivity index (χ4v) is 6.49. The van der Waals surface area contributed by atoms with Gasteiger partial charge in [-0.05, 0) is 0 Å². The average Bonchev–Trinajstić information content (AvgIpc) is 3.27. The number of halogens is 3. The van der Waals surface area contributed by atoms with Gasteiger partial charge in [0.2, 0.25) is 0 Å². The molecule has 1 aromatic heterocycles. The van der Waals surface area contributed by atoms with Gasteiger partial charge in [-0.2, -0.15) is 0 Å². The molecule has 1 atom stereocenters. The SMILES string of the molecule is COC(=O)c1ccc(-n2cnc3c([AsH]CCC(F)(F)F)cc(Oc4ccccc4OC)cc32)cc1C. The van der Waals surface area contributed by atoms with Crippen LogP contribution in [0.5, 0.6) is 17.2 Å². The van der Waals surface area contributed by atoms with Gasteiger partial charge in [-0.25, -0.2) is 0 Å². The van der Waals surface area contributed by atoms with Crippen LogP contribution in [-0.4, -0.2) is 51.7 Å². The number of hydrogen-bond acceptors (Lipinski definition) is 5. The van der Waals surface area contributed by atoms with Gasteiger partial charge in [0.05, 0.1) is 0 Å². The van der Waals surface area contributed by atoms with Crippen LogP contribution in [0.25, 0.3) is 16.7 Å². The van der Waals surface area contributed by atoms with Crippen molar-refractivity contribution in [1.82, 2.24) is 9.55 Å². The summed E-state index contributed by atoms with van der Waals surface area (Å²) in [7, 11) is 2.86. The number of rotatable bonds is 8. The Morgan fingerprint density at radius 1 is 1.06 bits per heavy atom. The molecule has 3 aromatic carbocycles. The quantitative estimate of drug-likeness (QED) is 0.215. The number of alkyl halides is 3. The number of esters is 1. The average molecular weight is 560 g/mol. The van der Waals surface area contributed by atoms with E-state index in [2.05, 4.69) is 4.98 Å². The van der Waals surface area contributed by atoms with Crippen molar-refractivity contribution < 1.29 is 32.2 Å². The second-order valence-electron chi connectivity index (χ2n) is 7.99. The summed E-state index contributed by atoms with van der Waals surface area (Å²) >= 11 is -1.15. The summed E-state index contributed by atoms with van der Waals surface area (Å²) in [6.45, 7) is 1.81. The molecule has 0 bridgehead atoms. The van der Waals surface area contributed by atoms with E-state index in [1.54, 1.807) is 49.6 Å². The number of aromatic nitrogens is 2. The third-order valence-electron chi connectivity index (χ3n) is 5.54. The summed E-state index contributed by atoms with van der Waals surface area (Å²) in [4.78, 5) is 16.5. The second-order valence-corrected chi connectivity index (χ2v) is 10.9. The molecule has 6 nitrogen and oxygen atoms in total. The van der Waals surface area contributed by atoms with E-state index in [0.717, 1.165) is 15.6 Å². The fraction of sp³-hybridized carbons (Fsp3) is 0.231. The van der Waals surface area contributed by atoms with Crippen molar-refractivity contribution in [1.29, 1.82) is 0 Å². The summed E-state index contributed by atoms with van der Waals surface area (Å²) in [6.07, 6.45) is -3.41. The van der Waals surface area contributed by atoms with E-state index >= 15 is 0 Å². The molecule has 0 aliphatic heterocycles. The number of para-hydroxylation sites is 2. The normalized spacial score (nSPS) is 11.8. The van der Waals surface area contributed by atoms with Gasteiger partial charge in [0.25, 0.3) is 0 Å². The Morgan fingerprint density at radius 2 is 1.81 bits per heavy atom. The van der Waals surface area contributed by atoms with Gasteiger partial charge >= 0.3 is 213 Å². The third-order valence-corrected chi connectivity index (χ3v) is 8.19. The summed E-state index contributed by atoms with van der Waals surface area (Å²) < 4.78 is 57.4. The third kappa shape index (κ3) is 5.68. The number of carbonyl (C=O) groups excluding carboxylic acids is 1. The Balaban J connectivity index is 1.78. The van der Waals surface area contributed by atoms with Gasteiger partial charge in [-0.1, -0.05) is 0 Å². The molecule has 0 aliphatic rings. The number of ether oxygens (including phenoxy) is 3. The van der Waals surface area contributed by atoms with Crippen molar-refractivity contribution in [2.24, 2.45) is 0 Å². The molecule has 0 amide bonds. The van der Waals surface area contributed by atoms with Gasteiger partial charge in [-0.15, -0.1) is 0 Å². The zero-order chi connectivity index (χ0) is 25.9. The Bertz CT molecular complexity index is 1400. The Morgan fingerprint density at radius 3 is 2.47 bits per heavy atom. The Hall–Kier alpha value is -3.45. The van der Waals surface area contributed by atoms with Gasteiger partial charge in [-0.3, -0.25) is 0 Å². The Kier molecular flexibility index (Phi) is 7.59. The molecule has 0 fully saturated rings. The van der Waals surface area contributed by atoms with Crippen LogP contribution < -0.4 is 13.8 Å². The standard InChI is InChI=1S/C26H24AsF3N2O4/c1-16-12-17(8-9-19(16)25(33)35-3)32-15-31-24-20(27-11-10-26(28,29)30)13-18(14-21(24)32)36-23-7-5-4-6-22(23)34-2/h4-9,12-15,27H,10-11H2,1-3H3. The molecule has 0 N–H and O–H groups in total. The van der Waals surface area contributed by atoms with E-state index in [4.69, 9.17) is 14.2 Å². The molecule has 0 aliphatic carbocycles. The topological polar surface area (TPSA) is 62.6 Å². The van der Waals surface area contributed by atoms with E-state index in [-0.39, 0.29) is 5.21 Å². The molecule has 0 spiro atoms. The van der Waals surface area contributed by atoms with Crippen LogP contribution in [0.1, 0.15) is 22.3 Å². The van der Waals surface area contributed by atoms with E-state index in [9.17, 15) is 18.0 Å². The first-order valence-electron chi connectivity index (χ1n) is 11.0. The van der Waals surface area contributed by atoms with Gasteiger partial charge in [0.15, 0.2) is 0 Å². The minimum absolute atomic E-state index is 0.0521. The number of nitrogens with zero attached hydrogens (tertiary/aromatic N) is 2. The van der Waals surface area contributed by atoms with Crippen molar-refractivity contribution in [3.8, 4) is 22.9 Å². The molecule has 0 radical (unpaired) electrons. The molecule has 4 aromatic rings. The van der Waals surface area contributed by atoms with Gasteiger partial charge in [0, 0.05) is 0 Å². The molecular formula is C26H24AsF3N2O4. The first-order chi connectivity index (χ1) is 17.2. The molecule has 1 unspecified atom stereocenters. The summed E-state index contributed by atoms with van der Waals surface area (Å²) in [6, 6.07) is 16.0. The first-order valence-corrected chi connectivity index (χ1v) is 13.6. The van der Waals surface area contributed by atoms with Gasteiger partial charge in [0.1, 0.15) is 0 Å². The van der Waals surface area contributed by atoms with Crippen LogP contribution in [0, 0.1) is 6.92 Å². The van der Waals surface area contributed by atoms with E-state index < -0.39 is 34.3 Å². The van der Waals surface area contributed by atoms with Crippen LogP contribution in [0.3, 0.4) is 0 Å². The maximum absolute atomic E-state index is 12.8. The number of aryl methyl sites for hydroxylation is 1. The predicted molar refractivity (Wildman–Crippen MR) is 132 cm³/mol. The monoisotopic (exact) mass is 560 g/mol. The fourth-order valence-electron chi connectivity index (χ4n) is 3.80. The summed E-state index contributed by atoms with van der Waals surface area (Å²) in [5, 5.41) is 0.0521. The molecule has 188 valence electrons. The second kappa shape index (κ2) is 10.7. The minimum atomic E-state index is -4.20. The van der Waals surface area contributed by atoms with Crippen LogP contribution in [0.15, 0.2) is 60.9 Å². The van der Waals surface area contributed by atoms with Crippen molar-refractivity contribution in [3.05, 3.63) is 72.1 Å². The number of imidazole rings is 1. The molecule has 1 heterocycles. The predicted octanol–water partition coefficient (Wildman–Crippen LogP) is 5.35. The van der Waals surface area contributed by atoms with Crippen molar-refractivity contribution in [2.45, 2.75) is 24.7 Å². The Labute approximate surface area is 212 Å². The number of methoxy groups -OCH3 is 2. The number of fused-ring (bicyclic) bond motifs is 1. The molecule has 0 saturated carbocycles. The molecule has 10 heteroatoms. The van der Waals surface area contributed by atoms with Crippen LogP contribution in [0.4, 0.5) is 13.2 Å².